The number of thiophene rings is 1. The Kier molecular flexibility index (Phi) is 2.56. The van der Waals surface area contributed by atoms with Gasteiger partial charge in [0.25, 0.3) is 0 Å². The summed E-state index contributed by atoms with van der Waals surface area (Å²) in [4.78, 5) is 0. The van der Waals surface area contributed by atoms with Crippen LogP contribution in [0, 0.1) is 0 Å². The molecule has 0 aromatic carbocycles. The van der Waals surface area contributed by atoms with Gasteiger partial charge in [0.1, 0.15) is 0 Å². The van der Waals surface area contributed by atoms with E-state index in [2.05, 4.69) is 31.9 Å². The van der Waals surface area contributed by atoms with Crippen molar-refractivity contribution in [3.8, 4) is 0 Å². The maximum Gasteiger partial charge on any atom is 0.0830 e. The van der Waals surface area contributed by atoms with E-state index in [-0.39, 0.29) is 5.38 Å². The van der Waals surface area contributed by atoms with Crippen LogP contribution in [0.5, 0.6) is 0 Å². The summed E-state index contributed by atoms with van der Waals surface area (Å²) in [5.74, 6) is 0. The number of hydrogen-bond acceptors (Lipinski definition) is 2. The van der Waals surface area contributed by atoms with E-state index in [0.717, 1.165) is 18.7 Å². The van der Waals surface area contributed by atoms with E-state index >= 15 is 0 Å². The van der Waals surface area contributed by atoms with Crippen molar-refractivity contribution in [1.82, 2.24) is 0 Å². The van der Waals surface area contributed by atoms with Gasteiger partial charge in [-0.3, -0.25) is 0 Å². The fraction of sp³-hybridized carbons (Fsp3) is 0.429. The summed E-state index contributed by atoms with van der Waals surface area (Å²) in [6, 6.07) is 0. The highest BCUT2D eigenvalue weighted by Crippen LogP contribution is 2.53. The third-order valence-corrected chi connectivity index (χ3v) is 4.99. The second-order valence-electron chi connectivity index (χ2n) is 2.70. The van der Waals surface area contributed by atoms with Gasteiger partial charge in [-0.1, -0.05) is 0 Å². The molecule has 2 rings (SSSR count). The van der Waals surface area contributed by atoms with E-state index in [4.69, 9.17) is 11.6 Å². The fourth-order valence-electron chi connectivity index (χ4n) is 1.43. The van der Waals surface area contributed by atoms with Gasteiger partial charge in [-0.25, -0.2) is 0 Å². The highest BCUT2D eigenvalue weighted by molar-refractivity contribution is 9.12. The number of alkyl halides is 1. The molecule has 0 unspecified atom stereocenters. The van der Waals surface area contributed by atoms with Gasteiger partial charge in [-0.2, -0.15) is 0 Å². The highest BCUT2D eigenvalue weighted by atomic mass is 79.9. The number of hydrogen-bond donors (Lipinski definition) is 1. The Morgan fingerprint density at radius 3 is 2.50 bits per heavy atom. The molecule has 2 atom stereocenters. The Labute approximate surface area is 96.0 Å². The first kappa shape index (κ1) is 9.46. The van der Waals surface area contributed by atoms with Crippen LogP contribution in [-0.2, 0) is 0 Å². The van der Waals surface area contributed by atoms with E-state index in [1.54, 1.807) is 11.3 Å². The minimum Gasteiger partial charge on any atom is -0.388 e. The van der Waals surface area contributed by atoms with Crippen LogP contribution in [0.4, 0.5) is 0 Å². The molecule has 0 radical (unpaired) electrons. The van der Waals surface area contributed by atoms with Crippen LogP contribution < -0.4 is 0 Å². The SMILES string of the molecule is O[C@@H]1C[C@H](Cl)c2c(Br)sc(Br)c21. The van der Waals surface area contributed by atoms with Crippen molar-refractivity contribution in [2.75, 3.05) is 0 Å². The topological polar surface area (TPSA) is 20.2 Å². The normalized spacial score (nSPS) is 27.7. The van der Waals surface area contributed by atoms with Crippen molar-refractivity contribution in [2.45, 2.75) is 17.9 Å². The predicted molar refractivity (Wildman–Crippen MR) is 57.9 cm³/mol. The molecule has 1 N–H and O–H groups in total. The summed E-state index contributed by atoms with van der Waals surface area (Å²) in [7, 11) is 0. The minimum atomic E-state index is -0.403. The largest absolute Gasteiger partial charge is 0.388 e. The molecule has 0 fully saturated rings. The molecule has 1 heterocycles. The minimum absolute atomic E-state index is 0.0491. The summed E-state index contributed by atoms with van der Waals surface area (Å²) in [6.45, 7) is 0. The van der Waals surface area contributed by atoms with Crippen LogP contribution in [0.25, 0.3) is 0 Å². The lowest BCUT2D eigenvalue weighted by atomic mass is 10.2. The van der Waals surface area contributed by atoms with Gasteiger partial charge in [0.15, 0.2) is 0 Å². The smallest absolute Gasteiger partial charge is 0.0830 e. The number of aliphatic hydroxyl groups is 1. The van der Waals surface area contributed by atoms with Crippen molar-refractivity contribution in [3.05, 3.63) is 18.7 Å². The summed E-state index contributed by atoms with van der Waals surface area (Å²) < 4.78 is 2.01. The first-order chi connectivity index (χ1) is 5.61. The third-order valence-electron chi connectivity index (χ3n) is 1.97. The van der Waals surface area contributed by atoms with Gasteiger partial charge in [0.2, 0.25) is 0 Å². The molecule has 0 spiro atoms. The first-order valence-corrected chi connectivity index (χ1v) is 6.25. The monoisotopic (exact) mass is 330 g/mol. The predicted octanol–water partition coefficient (Wildman–Crippen LogP) is 3.99. The average Bonchev–Trinajstić information content (AvgIpc) is 2.38. The zero-order valence-corrected chi connectivity index (χ0v) is 10.6. The molecule has 0 amide bonds. The van der Waals surface area contributed by atoms with Crippen LogP contribution in [0.1, 0.15) is 29.0 Å². The molecule has 0 aliphatic heterocycles. The van der Waals surface area contributed by atoms with Gasteiger partial charge >= 0.3 is 0 Å². The maximum atomic E-state index is 9.62. The lowest BCUT2D eigenvalue weighted by Crippen LogP contribution is -1.88. The molecular formula is C7H5Br2ClOS. The molecule has 0 saturated carbocycles. The molecule has 1 aliphatic rings. The molecule has 0 bridgehead atoms. The van der Waals surface area contributed by atoms with Crippen LogP contribution in [0.2, 0.25) is 0 Å². The Balaban J connectivity index is 2.62. The number of rotatable bonds is 0. The van der Waals surface area contributed by atoms with Gasteiger partial charge in [0, 0.05) is 11.1 Å². The Morgan fingerprint density at radius 2 is 1.92 bits per heavy atom. The van der Waals surface area contributed by atoms with E-state index in [0.29, 0.717) is 6.42 Å². The van der Waals surface area contributed by atoms with E-state index < -0.39 is 6.10 Å². The Bertz CT molecular complexity index is 297. The Hall–Kier alpha value is 0.910. The van der Waals surface area contributed by atoms with E-state index in [1.165, 1.54) is 0 Å². The number of aliphatic hydroxyl groups excluding tert-OH is 1. The van der Waals surface area contributed by atoms with Gasteiger partial charge in [-0.15, -0.1) is 22.9 Å². The number of halogens is 3. The van der Waals surface area contributed by atoms with E-state index in [1.807, 2.05) is 0 Å². The summed E-state index contributed by atoms with van der Waals surface area (Å²) in [5.41, 5.74) is 2.02. The maximum absolute atomic E-state index is 9.62. The van der Waals surface area contributed by atoms with Crippen LogP contribution in [-0.4, -0.2) is 5.11 Å². The summed E-state index contributed by atoms with van der Waals surface area (Å²) in [6.07, 6.45) is 0.219. The molecule has 66 valence electrons. The summed E-state index contributed by atoms with van der Waals surface area (Å²) in [5, 5.41) is 9.57. The van der Waals surface area contributed by atoms with Crippen LogP contribution in [0.3, 0.4) is 0 Å². The lowest BCUT2D eigenvalue weighted by molar-refractivity contribution is 0.178. The van der Waals surface area contributed by atoms with Crippen molar-refractivity contribution < 1.29 is 5.11 Å². The second-order valence-corrected chi connectivity index (χ2v) is 6.88. The molecule has 1 aromatic rings. The van der Waals surface area contributed by atoms with E-state index in [9.17, 15) is 5.11 Å². The average molecular weight is 332 g/mol. The quantitative estimate of drug-likeness (QED) is 0.712. The Morgan fingerprint density at radius 1 is 1.33 bits per heavy atom. The second kappa shape index (κ2) is 3.24. The molecule has 1 aliphatic carbocycles. The van der Waals surface area contributed by atoms with Gasteiger partial charge in [0.05, 0.1) is 19.1 Å². The highest BCUT2D eigenvalue weighted by Gasteiger charge is 2.34. The molecule has 12 heavy (non-hydrogen) atoms. The van der Waals surface area contributed by atoms with Crippen molar-refractivity contribution in [3.63, 3.8) is 0 Å². The molecule has 1 aromatic heterocycles. The number of fused-ring (bicyclic) bond motifs is 1. The molecule has 0 saturated heterocycles. The zero-order valence-electron chi connectivity index (χ0n) is 5.85. The lowest BCUT2D eigenvalue weighted by Gasteiger charge is -2.00. The summed E-state index contributed by atoms with van der Waals surface area (Å²) >= 11 is 14.5. The van der Waals surface area contributed by atoms with Gasteiger partial charge in [-0.05, 0) is 38.3 Å². The van der Waals surface area contributed by atoms with Crippen molar-refractivity contribution >= 4 is 54.8 Å². The third kappa shape index (κ3) is 1.28. The van der Waals surface area contributed by atoms with Gasteiger partial charge < -0.3 is 5.11 Å². The first-order valence-electron chi connectivity index (χ1n) is 3.41. The van der Waals surface area contributed by atoms with Crippen LogP contribution in [0.15, 0.2) is 7.57 Å². The van der Waals surface area contributed by atoms with Crippen molar-refractivity contribution in [1.29, 1.82) is 0 Å². The standard InChI is InChI=1S/C7H5Br2ClOS/c8-6-4-2(10)1-3(11)5(4)7(9)12-6/h2-3,11H,1H2/t2-,3+/m0/s1. The molecular weight excluding hydrogens is 327 g/mol. The molecule has 5 heteroatoms. The molecule has 1 nitrogen and oxygen atoms in total. The van der Waals surface area contributed by atoms with Crippen molar-refractivity contribution in [2.24, 2.45) is 0 Å². The van der Waals surface area contributed by atoms with Crippen LogP contribution >= 0.6 is 54.8 Å². The zero-order chi connectivity index (χ0) is 8.88. The fourth-order valence-corrected chi connectivity index (χ4v) is 5.49.